The van der Waals surface area contributed by atoms with E-state index < -0.39 is 74.9 Å². The first-order chi connectivity index (χ1) is 31.1. The van der Waals surface area contributed by atoms with Crippen LogP contribution < -0.4 is 27.0 Å². The zero-order valence-corrected chi connectivity index (χ0v) is 39.5. The number of nitrogens with two attached hydrogens (primary N) is 1. The summed E-state index contributed by atoms with van der Waals surface area (Å²) >= 11 is 3.84. The molecule has 5 aromatic rings. The van der Waals surface area contributed by atoms with Crippen molar-refractivity contribution in [1.29, 1.82) is 0 Å². The highest BCUT2D eigenvalue weighted by Crippen LogP contribution is 2.35. The van der Waals surface area contributed by atoms with Crippen LogP contribution in [0.15, 0.2) is 84.9 Å². The minimum atomic E-state index is -1.29. The number of hydrogen-bond acceptors (Lipinski definition) is 10. The first-order valence-electron chi connectivity index (χ1n) is 20.6. The number of carbonyl (C=O) groups is 2. The Morgan fingerprint density at radius 2 is 1.12 bits per heavy atom. The van der Waals surface area contributed by atoms with Crippen molar-refractivity contribution in [3.8, 4) is 0 Å². The van der Waals surface area contributed by atoms with Gasteiger partial charge in [0.1, 0.15) is 22.8 Å². The maximum atomic E-state index is 14.6. The standard InChI is InChI=1S/C23H20F3IN4O2.C23H25F3IN3O3/c24-17-7-6-16(21(20(17)26)30-19-8-1-13(27)9-18(19)25)22(32)31-11-23(33,12-31)10-29-15-4-2-14(28)3-5-15;1-22(32)8-2-3-18(22)28-10-23(33)11-30(12-23)21(31)14-5-6-15(24)19(26)20(14)29-17-7-4-13(27)9-16(17)25/h1-9,29-30,33H,10-12,28H2;4-7,9,18,28-29,32-33H,2-3,8,10-12H2,1H3. The minimum Gasteiger partial charge on any atom is -0.399 e. The number of nitrogen functional groups attached to an aromatic ring is 1. The Balaban J connectivity index is 0.000000196. The van der Waals surface area contributed by atoms with Gasteiger partial charge in [-0.15, -0.1) is 0 Å². The Kier molecular flexibility index (Phi) is 14.7. The van der Waals surface area contributed by atoms with Crippen LogP contribution >= 0.6 is 45.2 Å². The van der Waals surface area contributed by atoms with E-state index in [1.807, 2.05) is 45.2 Å². The van der Waals surface area contributed by atoms with Gasteiger partial charge in [-0.1, -0.05) is 0 Å². The number of β-amino-alcohol motifs (C(OH)–C–C–N with tert-alkyl or cyclic N) is 2. The van der Waals surface area contributed by atoms with E-state index in [2.05, 4.69) is 21.3 Å². The molecule has 2 saturated heterocycles. The van der Waals surface area contributed by atoms with Gasteiger partial charge in [0.25, 0.3) is 11.8 Å². The zero-order chi connectivity index (χ0) is 47.7. The molecular formula is C46H45F6I2N7O5. The molecule has 2 atom stereocenters. The highest BCUT2D eigenvalue weighted by Gasteiger charge is 2.47. The molecular weight excluding hydrogens is 1100 g/mol. The second-order valence-electron chi connectivity index (χ2n) is 17.0. The fraction of sp³-hybridized carbons (Fsp3) is 0.304. The van der Waals surface area contributed by atoms with Crippen LogP contribution in [0, 0.1) is 42.0 Å². The number of benzene rings is 5. The summed E-state index contributed by atoms with van der Waals surface area (Å²) in [5, 5.41) is 43.0. The van der Waals surface area contributed by atoms with Crippen LogP contribution in [0.3, 0.4) is 0 Å². The van der Waals surface area contributed by atoms with Gasteiger partial charge in [0, 0.05) is 37.6 Å². The highest BCUT2D eigenvalue weighted by atomic mass is 127. The zero-order valence-electron chi connectivity index (χ0n) is 35.2. The number of hydrogen-bond donors (Lipinski definition) is 8. The summed E-state index contributed by atoms with van der Waals surface area (Å²) in [6.45, 7) is 2.08. The number of carbonyl (C=O) groups excluding carboxylic acids is 2. The summed E-state index contributed by atoms with van der Waals surface area (Å²) < 4.78 is 86.8. The number of rotatable bonds is 12. The van der Waals surface area contributed by atoms with E-state index in [1.54, 1.807) is 43.3 Å². The molecule has 2 heterocycles. The van der Waals surface area contributed by atoms with Crippen molar-refractivity contribution in [2.75, 3.05) is 61.0 Å². The molecule has 0 aromatic heterocycles. The normalized spacial score (nSPS) is 19.2. The van der Waals surface area contributed by atoms with Crippen molar-refractivity contribution < 1.29 is 51.3 Å². The number of nitrogens with one attached hydrogen (secondary N) is 4. The second-order valence-corrected chi connectivity index (χ2v) is 19.5. The molecule has 5 aromatic carbocycles. The van der Waals surface area contributed by atoms with Gasteiger partial charge in [0.05, 0.1) is 65.7 Å². The number of halogens is 8. The molecule has 2 unspecified atom stereocenters. The molecule has 2 aliphatic heterocycles. The van der Waals surface area contributed by atoms with E-state index >= 15 is 0 Å². The van der Waals surface area contributed by atoms with E-state index in [0.29, 0.717) is 19.2 Å². The van der Waals surface area contributed by atoms with Crippen molar-refractivity contribution in [3.05, 3.63) is 138 Å². The lowest BCUT2D eigenvalue weighted by atomic mass is 9.91. The molecule has 3 aliphatic rings. The quantitative estimate of drug-likeness (QED) is 0.0349. The molecule has 9 N–H and O–H groups in total. The summed E-state index contributed by atoms with van der Waals surface area (Å²) in [7, 11) is 0. The molecule has 2 amide bonds. The summed E-state index contributed by atoms with van der Waals surface area (Å²) in [5.41, 5.74) is 2.35. The van der Waals surface area contributed by atoms with Crippen LogP contribution in [0.2, 0.25) is 0 Å². The Bertz CT molecular complexity index is 2630. The van der Waals surface area contributed by atoms with Crippen molar-refractivity contribution >= 4 is 91.1 Å². The van der Waals surface area contributed by atoms with Crippen LogP contribution in [0.5, 0.6) is 0 Å². The van der Waals surface area contributed by atoms with E-state index in [9.17, 15) is 51.3 Å². The van der Waals surface area contributed by atoms with Gasteiger partial charge in [-0.3, -0.25) is 9.59 Å². The summed E-state index contributed by atoms with van der Waals surface area (Å²) in [6, 6.07) is 19.2. The van der Waals surface area contributed by atoms with Crippen molar-refractivity contribution in [1.82, 2.24) is 15.1 Å². The van der Waals surface area contributed by atoms with Crippen molar-refractivity contribution in [2.24, 2.45) is 0 Å². The smallest absolute Gasteiger partial charge is 0.256 e. The lowest BCUT2D eigenvalue weighted by molar-refractivity contribution is -0.0834. The molecule has 0 radical (unpaired) electrons. The SMILES string of the molecule is CC1(O)CCCC1NCC1(O)CN(C(=O)c2ccc(F)c(F)c2Nc2ccc(I)cc2F)C1.Nc1ccc(NCC2(O)CN(C(=O)c3ccc(F)c(F)c3Nc3ccc(I)cc3F)C2)cc1. The number of aliphatic hydroxyl groups is 3. The average Bonchev–Trinajstić information content (AvgIpc) is 3.59. The minimum absolute atomic E-state index is 0.00979. The van der Waals surface area contributed by atoms with E-state index in [4.69, 9.17) is 5.73 Å². The largest absolute Gasteiger partial charge is 0.399 e. The van der Waals surface area contributed by atoms with Crippen LogP contribution in [0.25, 0.3) is 0 Å². The Morgan fingerprint density at radius 3 is 1.55 bits per heavy atom. The molecule has 12 nitrogen and oxygen atoms in total. The lowest BCUT2D eigenvalue weighted by Gasteiger charge is -2.47. The number of likely N-dealkylation sites (tertiary alicyclic amines) is 2. The summed E-state index contributed by atoms with van der Waals surface area (Å²) in [6.07, 6.45) is 2.37. The van der Waals surface area contributed by atoms with E-state index in [0.717, 1.165) is 42.8 Å². The van der Waals surface area contributed by atoms with Crippen molar-refractivity contribution in [2.45, 2.75) is 49.0 Å². The topological polar surface area (TPSA) is 175 Å². The predicted octanol–water partition coefficient (Wildman–Crippen LogP) is 7.87. The van der Waals surface area contributed by atoms with Gasteiger partial charge in [-0.25, -0.2) is 26.3 Å². The van der Waals surface area contributed by atoms with Gasteiger partial charge in [0.2, 0.25) is 0 Å². The fourth-order valence-electron chi connectivity index (χ4n) is 7.99. The number of nitrogens with zero attached hydrogens (tertiary/aromatic N) is 2. The fourth-order valence-corrected chi connectivity index (χ4v) is 8.89. The molecule has 350 valence electrons. The van der Waals surface area contributed by atoms with Gasteiger partial charge in [0.15, 0.2) is 23.3 Å². The highest BCUT2D eigenvalue weighted by molar-refractivity contribution is 14.1. The van der Waals surface area contributed by atoms with Crippen LogP contribution in [-0.4, -0.2) is 99.0 Å². The van der Waals surface area contributed by atoms with Crippen molar-refractivity contribution in [3.63, 3.8) is 0 Å². The molecule has 1 saturated carbocycles. The lowest BCUT2D eigenvalue weighted by Crippen LogP contribution is -2.68. The maximum absolute atomic E-state index is 14.6. The van der Waals surface area contributed by atoms with E-state index in [-0.39, 0.29) is 67.8 Å². The number of anilines is 6. The van der Waals surface area contributed by atoms with Gasteiger partial charge in [-0.05, 0) is 156 Å². The molecule has 66 heavy (non-hydrogen) atoms. The molecule has 0 bridgehead atoms. The predicted molar refractivity (Wildman–Crippen MR) is 255 cm³/mol. The molecule has 8 rings (SSSR count). The molecule has 0 spiro atoms. The third-order valence-electron chi connectivity index (χ3n) is 11.7. The number of amides is 2. The van der Waals surface area contributed by atoms with Gasteiger partial charge < -0.3 is 52.1 Å². The second kappa shape index (κ2) is 19.8. The Hall–Kier alpha value is -4.88. The van der Waals surface area contributed by atoms with Crippen LogP contribution in [0.4, 0.5) is 60.5 Å². The third kappa shape index (κ3) is 11.1. The van der Waals surface area contributed by atoms with Crippen LogP contribution in [0.1, 0.15) is 46.9 Å². The Labute approximate surface area is 403 Å². The first kappa shape index (κ1) is 49.0. The van der Waals surface area contributed by atoms with Gasteiger partial charge >= 0.3 is 0 Å². The maximum Gasteiger partial charge on any atom is 0.256 e. The monoisotopic (exact) mass is 1140 g/mol. The first-order valence-corrected chi connectivity index (χ1v) is 22.8. The van der Waals surface area contributed by atoms with E-state index in [1.165, 1.54) is 34.1 Å². The Morgan fingerprint density at radius 1 is 0.667 bits per heavy atom. The third-order valence-corrected chi connectivity index (χ3v) is 13.0. The molecule has 20 heteroatoms. The molecule has 1 aliphatic carbocycles. The molecule has 3 fully saturated rings. The van der Waals surface area contributed by atoms with Gasteiger partial charge in [-0.2, -0.15) is 0 Å². The average molecular weight is 1140 g/mol. The summed E-state index contributed by atoms with van der Waals surface area (Å²) in [5.74, 6) is -7.49. The summed E-state index contributed by atoms with van der Waals surface area (Å²) in [4.78, 5) is 28.6. The van der Waals surface area contributed by atoms with Crippen LogP contribution in [-0.2, 0) is 0 Å².